The Morgan fingerprint density at radius 2 is 1.89 bits per heavy atom. The molecule has 1 aliphatic carbocycles. The predicted molar refractivity (Wildman–Crippen MR) is 88.0 cm³/mol. The van der Waals surface area contributed by atoms with Gasteiger partial charge in [0.15, 0.2) is 0 Å². The van der Waals surface area contributed by atoms with Gasteiger partial charge in [-0.25, -0.2) is 0 Å². The van der Waals surface area contributed by atoms with E-state index in [9.17, 15) is 5.11 Å². The molecule has 1 fully saturated rings. The van der Waals surface area contributed by atoms with Crippen LogP contribution in [0.5, 0.6) is 0 Å². The second-order valence-corrected chi connectivity index (χ2v) is 7.22. The summed E-state index contributed by atoms with van der Waals surface area (Å²) in [5.41, 5.74) is 0.534. The standard InChI is InChI=1S/C14H19BrINO/c15-12-9-11(16)5-6-13(12)17-10-14(18)7-3-1-2-4-8-14/h5-6,9,17-18H,1-4,7-8,10H2. The Bertz CT molecular complexity index is 403. The Morgan fingerprint density at radius 1 is 1.22 bits per heavy atom. The van der Waals surface area contributed by atoms with Crippen LogP contribution < -0.4 is 5.32 Å². The molecule has 0 amide bonds. The van der Waals surface area contributed by atoms with E-state index in [1.165, 1.54) is 16.4 Å². The molecule has 100 valence electrons. The molecule has 0 radical (unpaired) electrons. The number of hydrogen-bond donors (Lipinski definition) is 2. The Balaban J connectivity index is 1.97. The summed E-state index contributed by atoms with van der Waals surface area (Å²) in [7, 11) is 0. The number of aliphatic hydroxyl groups is 1. The van der Waals surface area contributed by atoms with Crippen molar-refractivity contribution in [3.05, 3.63) is 26.2 Å². The van der Waals surface area contributed by atoms with Crippen LogP contribution in [0.3, 0.4) is 0 Å². The van der Waals surface area contributed by atoms with Crippen molar-refractivity contribution in [2.75, 3.05) is 11.9 Å². The predicted octanol–water partition coefficient (Wildman–Crippen LogP) is 4.55. The minimum atomic E-state index is -0.529. The van der Waals surface area contributed by atoms with Crippen molar-refractivity contribution in [1.29, 1.82) is 0 Å². The summed E-state index contributed by atoms with van der Waals surface area (Å²) in [6.07, 6.45) is 6.65. The van der Waals surface area contributed by atoms with Gasteiger partial charge in [0, 0.05) is 20.3 Å². The molecule has 2 N–H and O–H groups in total. The third kappa shape index (κ3) is 4.10. The zero-order valence-electron chi connectivity index (χ0n) is 10.4. The van der Waals surface area contributed by atoms with Crippen molar-refractivity contribution in [2.45, 2.75) is 44.1 Å². The summed E-state index contributed by atoms with van der Waals surface area (Å²) in [6.45, 7) is 0.645. The molecule has 0 saturated heterocycles. The molecule has 0 heterocycles. The second kappa shape index (κ2) is 6.57. The first-order chi connectivity index (χ1) is 8.59. The lowest BCUT2D eigenvalue weighted by Crippen LogP contribution is -2.36. The van der Waals surface area contributed by atoms with E-state index in [2.05, 4.69) is 62.0 Å². The fourth-order valence-corrected chi connectivity index (χ4v) is 3.89. The van der Waals surface area contributed by atoms with E-state index in [4.69, 9.17) is 0 Å². The second-order valence-electron chi connectivity index (χ2n) is 5.12. The van der Waals surface area contributed by atoms with Crippen LogP contribution in [-0.2, 0) is 0 Å². The van der Waals surface area contributed by atoms with Crippen LogP contribution >= 0.6 is 38.5 Å². The van der Waals surface area contributed by atoms with Crippen LogP contribution in [-0.4, -0.2) is 17.3 Å². The Labute approximate surface area is 131 Å². The lowest BCUT2D eigenvalue weighted by molar-refractivity contribution is 0.0381. The van der Waals surface area contributed by atoms with E-state index in [1.54, 1.807) is 0 Å². The van der Waals surface area contributed by atoms with Gasteiger partial charge in [0.25, 0.3) is 0 Å². The van der Waals surface area contributed by atoms with E-state index < -0.39 is 5.60 Å². The van der Waals surface area contributed by atoms with Gasteiger partial charge in [0.2, 0.25) is 0 Å². The molecule has 0 aromatic heterocycles. The van der Waals surface area contributed by atoms with Gasteiger partial charge in [-0.1, -0.05) is 25.7 Å². The van der Waals surface area contributed by atoms with Gasteiger partial charge in [-0.05, 0) is 69.6 Å². The van der Waals surface area contributed by atoms with Crippen LogP contribution in [0.4, 0.5) is 5.69 Å². The Kier molecular flexibility index (Phi) is 5.33. The highest BCUT2D eigenvalue weighted by atomic mass is 127. The van der Waals surface area contributed by atoms with E-state index >= 15 is 0 Å². The number of hydrogen-bond acceptors (Lipinski definition) is 2. The smallest absolute Gasteiger partial charge is 0.0819 e. The molecule has 1 saturated carbocycles. The monoisotopic (exact) mass is 423 g/mol. The molecule has 1 aliphatic rings. The quantitative estimate of drug-likeness (QED) is 0.552. The Hall–Kier alpha value is 0.190. The highest BCUT2D eigenvalue weighted by Crippen LogP contribution is 2.29. The van der Waals surface area contributed by atoms with E-state index in [0.717, 1.165) is 35.8 Å². The molecule has 2 rings (SSSR count). The fraction of sp³-hybridized carbons (Fsp3) is 0.571. The fourth-order valence-electron chi connectivity index (χ4n) is 2.46. The van der Waals surface area contributed by atoms with Gasteiger partial charge < -0.3 is 10.4 Å². The summed E-state index contributed by atoms with van der Waals surface area (Å²) in [4.78, 5) is 0. The number of rotatable bonds is 3. The van der Waals surface area contributed by atoms with Gasteiger partial charge in [-0.15, -0.1) is 0 Å². The third-order valence-electron chi connectivity index (χ3n) is 3.57. The minimum Gasteiger partial charge on any atom is -0.388 e. The molecule has 0 unspecified atom stereocenters. The minimum absolute atomic E-state index is 0.529. The van der Waals surface area contributed by atoms with E-state index in [1.807, 2.05) is 0 Å². The SMILES string of the molecule is OC1(CNc2ccc(I)cc2Br)CCCCCC1. The van der Waals surface area contributed by atoms with Gasteiger partial charge in [-0.3, -0.25) is 0 Å². The molecule has 0 aliphatic heterocycles. The van der Waals surface area contributed by atoms with E-state index in [0.29, 0.717) is 6.54 Å². The van der Waals surface area contributed by atoms with Crippen molar-refractivity contribution < 1.29 is 5.11 Å². The van der Waals surface area contributed by atoms with Gasteiger partial charge in [0.05, 0.1) is 5.60 Å². The molecule has 2 nitrogen and oxygen atoms in total. The van der Waals surface area contributed by atoms with Crippen molar-refractivity contribution in [3.8, 4) is 0 Å². The molecule has 18 heavy (non-hydrogen) atoms. The maximum absolute atomic E-state index is 10.6. The first-order valence-electron chi connectivity index (χ1n) is 6.50. The molecular formula is C14H19BrINO. The zero-order valence-corrected chi connectivity index (χ0v) is 14.1. The van der Waals surface area contributed by atoms with Gasteiger partial charge in [-0.2, -0.15) is 0 Å². The molecule has 0 spiro atoms. The van der Waals surface area contributed by atoms with E-state index in [-0.39, 0.29) is 0 Å². The van der Waals surface area contributed by atoms with Crippen LogP contribution in [0.2, 0.25) is 0 Å². The summed E-state index contributed by atoms with van der Waals surface area (Å²) in [5, 5.41) is 14.0. The lowest BCUT2D eigenvalue weighted by atomic mass is 9.94. The first kappa shape index (κ1) is 14.6. The topological polar surface area (TPSA) is 32.3 Å². The summed E-state index contributed by atoms with van der Waals surface area (Å²) in [6, 6.07) is 6.22. The first-order valence-corrected chi connectivity index (χ1v) is 8.38. The van der Waals surface area contributed by atoms with Crippen LogP contribution in [0, 0.1) is 3.57 Å². The van der Waals surface area contributed by atoms with Gasteiger partial charge >= 0.3 is 0 Å². The number of nitrogens with one attached hydrogen (secondary N) is 1. The average molecular weight is 424 g/mol. The summed E-state index contributed by atoms with van der Waals surface area (Å²) in [5.74, 6) is 0. The number of anilines is 1. The zero-order chi connectivity index (χ0) is 13.0. The summed E-state index contributed by atoms with van der Waals surface area (Å²) < 4.78 is 2.27. The van der Waals surface area contributed by atoms with Crippen molar-refractivity contribution >= 4 is 44.2 Å². The molecule has 4 heteroatoms. The van der Waals surface area contributed by atoms with Crippen LogP contribution in [0.1, 0.15) is 38.5 Å². The van der Waals surface area contributed by atoms with Crippen molar-refractivity contribution in [2.24, 2.45) is 0 Å². The number of benzene rings is 1. The van der Waals surface area contributed by atoms with Gasteiger partial charge in [0.1, 0.15) is 0 Å². The maximum Gasteiger partial charge on any atom is 0.0819 e. The highest BCUT2D eigenvalue weighted by molar-refractivity contribution is 14.1. The molecule has 0 bridgehead atoms. The molecule has 1 aromatic rings. The van der Waals surface area contributed by atoms with Crippen LogP contribution in [0.15, 0.2) is 22.7 Å². The Morgan fingerprint density at radius 3 is 2.50 bits per heavy atom. The van der Waals surface area contributed by atoms with Crippen LogP contribution in [0.25, 0.3) is 0 Å². The average Bonchev–Trinajstić information content (AvgIpc) is 2.54. The highest BCUT2D eigenvalue weighted by Gasteiger charge is 2.27. The van der Waals surface area contributed by atoms with Crippen molar-refractivity contribution in [1.82, 2.24) is 0 Å². The molecule has 0 atom stereocenters. The maximum atomic E-state index is 10.6. The molecular weight excluding hydrogens is 405 g/mol. The molecule has 1 aromatic carbocycles. The lowest BCUT2D eigenvalue weighted by Gasteiger charge is -2.27. The third-order valence-corrected chi connectivity index (χ3v) is 4.90. The summed E-state index contributed by atoms with van der Waals surface area (Å²) >= 11 is 5.85. The van der Waals surface area contributed by atoms with Crippen molar-refractivity contribution in [3.63, 3.8) is 0 Å². The normalized spacial score (nSPS) is 19.3. The number of halogens is 2. The largest absolute Gasteiger partial charge is 0.388 e.